The van der Waals surface area contributed by atoms with Gasteiger partial charge in [-0.1, -0.05) is 30.3 Å². The highest BCUT2D eigenvalue weighted by Gasteiger charge is 2.19. The molecular weight excluding hydrogens is 396 g/mol. The Hall–Kier alpha value is -3.78. The van der Waals surface area contributed by atoms with Gasteiger partial charge in [0.05, 0.1) is 11.5 Å². The van der Waals surface area contributed by atoms with Crippen molar-refractivity contribution in [1.82, 2.24) is 15.1 Å². The van der Waals surface area contributed by atoms with E-state index in [-0.39, 0.29) is 17.5 Å². The van der Waals surface area contributed by atoms with Crippen molar-refractivity contribution in [1.29, 1.82) is 0 Å². The summed E-state index contributed by atoms with van der Waals surface area (Å²) in [6, 6.07) is 17.7. The van der Waals surface area contributed by atoms with Crippen LogP contribution in [0.4, 0.5) is 5.69 Å². The summed E-state index contributed by atoms with van der Waals surface area (Å²) in [7, 11) is 0. The zero-order chi connectivity index (χ0) is 22.0. The molecule has 3 aromatic carbocycles. The van der Waals surface area contributed by atoms with Crippen LogP contribution < -0.4 is 0 Å². The number of non-ortho nitro benzene ring substituents is 1. The number of rotatable bonds is 7. The summed E-state index contributed by atoms with van der Waals surface area (Å²) in [6.07, 6.45) is 0. The second kappa shape index (κ2) is 8.53. The van der Waals surface area contributed by atoms with Gasteiger partial charge in [-0.15, -0.1) is 10.2 Å². The predicted molar refractivity (Wildman–Crippen MR) is 116 cm³/mol. The van der Waals surface area contributed by atoms with E-state index >= 15 is 0 Å². The first-order valence-corrected chi connectivity index (χ1v) is 9.93. The van der Waals surface area contributed by atoms with Crippen LogP contribution in [0.5, 0.6) is 5.75 Å². The van der Waals surface area contributed by atoms with Crippen molar-refractivity contribution in [3.05, 3.63) is 82.2 Å². The molecule has 4 aromatic rings. The highest BCUT2D eigenvalue weighted by atomic mass is 16.6. The van der Waals surface area contributed by atoms with Gasteiger partial charge in [0.25, 0.3) is 5.69 Å². The number of nitro groups is 1. The maximum Gasteiger partial charge on any atom is 0.269 e. The van der Waals surface area contributed by atoms with E-state index in [0.29, 0.717) is 30.4 Å². The fourth-order valence-corrected chi connectivity index (χ4v) is 3.45. The van der Waals surface area contributed by atoms with Crippen LogP contribution in [0.15, 0.2) is 65.1 Å². The number of phenolic OH excluding ortho intramolecular Hbond substituents is 1. The number of nitro benzene ring substituents is 1. The van der Waals surface area contributed by atoms with E-state index in [4.69, 9.17) is 4.42 Å². The quantitative estimate of drug-likeness (QED) is 0.336. The van der Waals surface area contributed by atoms with Crippen LogP contribution in [0.2, 0.25) is 0 Å². The lowest BCUT2D eigenvalue weighted by molar-refractivity contribution is -0.384. The molecule has 0 unspecified atom stereocenters. The number of hydrogen-bond acceptors (Lipinski definition) is 7. The van der Waals surface area contributed by atoms with Crippen molar-refractivity contribution in [2.75, 3.05) is 0 Å². The average Bonchev–Trinajstić information content (AvgIpc) is 3.23. The molecule has 4 rings (SSSR count). The van der Waals surface area contributed by atoms with E-state index in [1.807, 2.05) is 30.3 Å². The van der Waals surface area contributed by atoms with Crippen molar-refractivity contribution < 1.29 is 14.4 Å². The number of aromatic hydroxyl groups is 1. The molecule has 0 saturated heterocycles. The molecule has 1 N–H and O–H groups in total. The lowest BCUT2D eigenvalue weighted by Crippen LogP contribution is -2.30. The lowest BCUT2D eigenvalue weighted by atomic mass is 10.0. The maximum absolute atomic E-state index is 10.8. The number of nitrogens with zero attached hydrogens (tertiary/aromatic N) is 4. The minimum absolute atomic E-state index is 0.00404. The van der Waals surface area contributed by atoms with E-state index in [2.05, 4.69) is 28.9 Å². The van der Waals surface area contributed by atoms with Crippen molar-refractivity contribution in [3.8, 4) is 17.2 Å². The summed E-state index contributed by atoms with van der Waals surface area (Å²) in [4.78, 5) is 12.5. The van der Waals surface area contributed by atoms with Crippen LogP contribution >= 0.6 is 0 Å². The second-order valence-corrected chi connectivity index (χ2v) is 7.59. The van der Waals surface area contributed by atoms with Gasteiger partial charge in [0.15, 0.2) is 0 Å². The molecule has 0 spiro atoms. The van der Waals surface area contributed by atoms with Gasteiger partial charge in [-0.2, -0.15) is 0 Å². The molecule has 0 amide bonds. The van der Waals surface area contributed by atoms with Crippen molar-refractivity contribution in [2.45, 2.75) is 33.0 Å². The third-order valence-electron chi connectivity index (χ3n) is 5.24. The molecule has 8 nitrogen and oxygen atoms in total. The first-order valence-electron chi connectivity index (χ1n) is 9.93. The normalized spacial score (nSPS) is 11.5. The summed E-state index contributed by atoms with van der Waals surface area (Å²) in [6.45, 7) is 5.05. The topological polar surface area (TPSA) is 106 Å². The lowest BCUT2D eigenvalue weighted by Gasteiger charge is -2.26. The number of aromatic nitrogens is 2. The van der Waals surface area contributed by atoms with Gasteiger partial charge >= 0.3 is 0 Å². The number of benzene rings is 3. The Morgan fingerprint density at radius 1 is 1.03 bits per heavy atom. The van der Waals surface area contributed by atoms with Crippen LogP contribution in [0.1, 0.15) is 25.3 Å². The van der Waals surface area contributed by atoms with Gasteiger partial charge in [0.2, 0.25) is 11.8 Å². The van der Waals surface area contributed by atoms with E-state index < -0.39 is 4.92 Å². The Labute approximate surface area is 178 Å². The van der Waals surface area contributed by atoms with Gasteiger partial charge in [-0.25, -0.2) is 0 Å². The molecule has 0 radical (unpaired) electrons. The van der Waals surface area contributed by atoms with E-state index in [9.17, 15) is 15.2 Å². The molecule has 158 valence electrons. The SMILES string of the molecule is CC(C)N(Cc1nnc(-c2ccc([N+](=O)[O-])cc2)o1)Cc1c(O)ccc2ccccc12. The molecule has 0 aliphatic rings. The predicted octanol–water partition coefficient (Wildman–Crippen LogP) is 4.91. The zero-order valence-electron chi connectivity index (χ0n) is 17.2. The van der Waals surface area contributed by atoms with Gasteiger partial charge in [-0.3, -0.25) is 15.0 Å². The molecule has 8 heteroatoms. The molecular formula is C23H22N4O4. The molecule has 0 bridgehead atoms. The summed E-state index contributed by atoms with van der Waals surface area (Å²) >= 11 is 0. The molecule has 0 aliphatic heterocycles. The number of fused-ring (bicyclic) bond motifs is 1. The fraction of sp³-hybridized carbons (Fsp3) is 0.217. The maximum atomic E-state index is 10.8. The Kier molecular flexibility index (Phi) is 5.64. The molecule has 1 aromatic heterocycles. The minimum atomic E-state index is -0.452. The first-order chi connectivity index (χ1) is 14.9. The minimum Gasteiger partial charge on any atom is -0.508 e. The Bertz CT molecular complexity index is 1220. The van der Waals surface area contributed by atoms with Crippen LogP contribution in [0.25, 0.3) is 22.2 Å². The van der Waals surface area contributed by atoms with Crippen molar-refractivity contribution in [2.24, 2.45) is 0 Å². The first kappa shape index (κ1) is 20.5. The zero-order valence-corrected chi connectivity index (χ0v) is 17.2. The van der Waals surface area contributed by atoms with Crippen molar-refractivity contribution in [3.63, 3.8) is 0 Å². The fourth-order valence-electron chi connectivity index (χ4n) is 3.45. The second-order valence-electron chi connectivity index (χ2n) is 7.59. The largest absolute Gasteiger partial charge is 0.508 e. The molecule has 0 atom stereocenters. The Morgan fingerprint density at radius 3 is 2.48 bits per heavy atom. The standard InChI is InChI=1S/C23H22N4O4/c1-15(2)26(13-20-19-6-4-3-5-16(19)9-12-21(20)28)14-22-24-25-23(31-22)17-7-10-18(11-8-17)27(29)30/h3-12,15,28H,13-14H2,1-2H3. The van der Waals surface area contributed by atoms with Crippen LogP contribution in [-0.2, 0) is 13.1 Å². The molecule has 1 heterocycles. The van der Waals surface area contributed by atoms with Crippen LogP contribution in [0.3, 0.4) is 0 Å². The van der Waals surface area contributed by atoms with Crippen LogP contribution in [-0.4, -0.2) is 31.2 Å². The average molecular weight is 418 g/mol. The highest BCUT2D eigenvalue weighted by Crippen LogP contribution is 2.29. The molecule has 0 fully saturated rings. The van der Waals surface area contributed by atoms with Crippen LogP contribution in [0, 0.1) is 10.1 Å². The monoisotopic (exact) mass is 418 g/mol. The van der Waals surface area contributed by atoms with Gasteiger partial charge < -0.3 is 9.52 Å². The van der Waals surface area contributed by atoms with Gasteiger partial charge in [0, 0.05) is 35.8 Å². The molecule has 0 aliphatic carbocycles. The summed E-state index contributed by atoms with van der Waals surface area (Å²) in [5.74, 6) is 0.991. The third kappa shape index (κ3) is 4.39. The summed E-state index contributed by atoms with van der Waals surface area (Å²) in [5, 5.41) is 31.6. The van der Waals surface area contributed by atoms with Gasteiger partial charge in [-0.05, 0) is 42.8 Å². The summed E-state index contributed by atoms with van der Waals surface area (Å²) in [5.41, 5.74) is 1.47. The molecule has 31 heavy (non-hydrogen) atoms. The summed E-state index contributed by atoms with van der Waals surface area (Å²) < 4.78 is 5.81. The Balaban J connectivity index is 1.56. The Morgan fingerprint density at radius 2 is 1.77 bits per heavy atom. The number of hydrogen-bond donors (Lipinski definition) is 1. The number of phenols is 1. The van der Waals surface area contributed by atoms with Crippen molar-refractivity contribution >= 4 is 16.5 Å². The third-order valence-corrected chi connectivity index (χ3v) is 5.24. The van der Waals surface area contributed by atoms with Gasteiger partial charge in [0.1, 0.15) is 5.75 Å². The smallest absolute Gasteiger partial charge is 0.269 e. The highest BCUT2D eigenvalue weighted by molar-refractivity contribution is 5.87. The van der Waals surface area contributed by atoms with E-state index in [1.54, 1.807) is 18.2 Å². The van der Waals surface area contributed by atoms with E-state index in [1.165, 1.54) is 12.1 Å². The molecule has 0 saturated carbocycles. The van der Waals surface area contributed by atoms with E-state index in [0.717, 1.165) is 16.3 Å².